The molecule has 0 aromatic rings. The average molecular weight is 445 g/mol. The summed E-state index contributed by atoms with van der Waals surface area (Å²) in [7, 11) is 0. The Morgan fingerprint density at radius 1 is 0.935 bits per heavy atom. The topological polar surface area (TPSA) is 220 Å². The molecule has 0 aliphatic heterocycles. The number of nitrogens with one attached hydrogen (secondary N) is 3. The number of amides is 4. The van der Waals surface area contributed by atoms with Crippen LogP contribution in [0.25, 0.3) is 0 Å². The van der Waals surface area contributed by atoms with Crippen LogP contribution in [0.1, 0.15) is 52.9 Å². The molecule has 31 heavy (non-hydrogen) atoms. The van der Waals surface area contributed by atoms with Crippen LogP contribution in [0.15, 0.2) is 0 Å². The van der Waals surface area contributed by atoms with Gasteiger partial charge in [0.2, 0.25) is 23.6 Å². The third-order valence-electron chi connectivity index (χ3n) is 4.87. The summed E-state index contributed by atoms with van der Waals surface area (Å²) in [5.74, 6) is -4.28. The first kappa shape index (κ1) is 28.3. The number of carboxylic acids is 1. The van der Waals surface area contributed by atoms with Gasteiger partial charge in [-0.05, 0) is 38.6 Å². The molecule has 10 N–H and O–H groups in total. The van der Waals surface area contributed by atoms with E-state index in [1.54, 1.807) is 13.8 Å². The summed E-state index contributed by atoms with van der Waals surface area (Å²) in [6, 6.07) is -4.37. The Morgan fingerprint density at radius 2 is 1.55 bits per heavy atom. The van der Waals surface area contributed by atoms with Crippen molar-refractivity contribution in [1.82, 2.24) is 16.0 Å². The van der Waals surface area contributed by atoms with E-state index in [1.807, 2.05) is 0 Å². The molecule has 0 rings (SSSR count). The van der Waals surface area contributed by atoms with Crippen molar-refractivity contribution in [2.24, 2.45) is 23.1 Å². The molecule has 5 unspecified atom stereocenters. The highest BCUT2D eigenvalue weighted by molar-refractivity contribution is 5.94. The normalized spacial score (nSPS) is 15.6. The van der Waals surface area contributed by atoms with Gasteiger partial charge in [0, 0.05) is 0 Å². The van der Waals surface area contributed by atoms with E-state index < -0.39 is 53.8 Å². The highest BCUT2D eigenvalue weighted by Gasteiger charge is 2.30. The second-order valence-corrected chi connectivity index (χ2v) is 7.56. The first-order chi connectivity index (χ1) is 14.4. The molecule has 0 aliphatic carbocycles. The van der Waals surface area contributed by atoms with E-state index in [1.165, 1.54) is 6.92 Å². The van der Waals surface area contributed by atoms with E-state index in [2.05, 4.69) is 16.0 Å². The fourth-order valence-electron chi connectivity index (χ4n) is 2.69. The summed E-state index contributed by atoms with van der Waals surface area (Å²) < 4.78 is 0. The predicted octanol–water partition coefficient (Wildman–Crippen LogP) is -2.08. The minimum Gasteiger partial charge on any atom is -0.480 e. The number of aliphatic carboxylic acids is 1. The Hall–Kier alpha value is -2.73. The van der Waals surface area contributed by atoms with Gasteiger partial charge in [0.1, 0.15) is 18.1 Å². The smallest absolute Gasteiger partial charge is 0.326 e. The Bertz CT molecular complexity index is 643. The number of hydrogen-bond acceptors (Lipinski definition) is 7. The SMILES string of the molecule is CCC(C)C(NC(=O)C(CCCCN)NC(=O)C(C)NC(=O)C(N)CC(N)=O)C(=O)O. The maximum absolute atomic E-state index is 12.7. The summed E-state index contributed by atoms with van der Waals surface area (Å²) in [5.41, 5.74) is 16.0. The van der Waals surface area contributed by atoms with Crippen LogP contribution in [-0.2, 0) is 24.0 Å². The summed E-state index contributed by atoms with van der Waals surface area (Å²) in [6.45, 7) is 5.30. The van der Waals surface area contributed by atoms with E-state index in [-0.39, 0.29) is 18.8 Å². The number of nitrogens with two attached hydrogens (primary N) is 3. The molecule has 0 bridgehead atoms. The Morgan fingerprint density at radius 3 is 2.03 bits per heavy atom. The van der Waals surface area contributed by atoms with Gasteiger partial charge in [-0.15, -0.1) is 0 Å². The third-order valence-corrected chi connectivity index (χ3v) is 4.87. The van der Waals surface area contributed by atoms with Gasteiger partial charge in [-0.1, -0.05) is 20.3 Å². The van der Waals surface area contributed by atoms with Crippen LogP contribution in [0.2, 0.25) is 0 Å². The fourth-order valence-corrected chi connectivity index (χ4v) is 2.69. The number of rotatable bonds is 15. The van der Waals surface area contributed by atoms with E-state index in [4.69, 9.17) is 17.2 Å². The van der Waals surface area contributed by atoms with Crippen molar-refractivity contribution in [3.05, 3.63) is 0 Å². The molecular weight excluding hydrogens is 408 g/mol. The molecule has 0 radical (unpaired) electrons. The Balaban J connectivity index is 5.17. The van der Waals surface area contributed by atoms with Gasteiger partial charge in [-0.3, -0.25) is 19.2 Å². The molecular formula is C19H36N6O6. The zero-order chi connectivity index (χ0) is 24.1. The average Bonchev–Trinajstić information content (AvgIpc) is 2.69. The molecule has 4 amide bonds. The lowest BCUT2D eigenvalue weighted by Gasteiger charge is -2.25. The van der Waals surface area contributed by atoms with Crippen molar-refractivity contribution in [2.45, 2.75) is 77.0 Å². The molecule has 12 nitrogen and oxygen atoms in total. The number of carbonyl (C=O) groups excluding carboxylic acids is 4. The number of hydrogen-bond donors (Lipinski definition) is 7. The first-order valence-electron chi connectivity index (χ1n) is 10.3. The molecule has 0 fully saturated rings. The minimum atomic E-state index is -1.21. The van der Waals surface area contributed by atoms with Crippen molar-refractivity contribution < 1.29 is 29.1 Å². The monoisotopic (exact) mass is 444 g/mol. The molecule has 0 spiro atoms. The third kappa shape index (κ3) is 10.7. The van der Waals surface area contributed by atoms with Crippen LogP contribution in [0.4, 0.5) is 0 Å². The van der Waals surface area contributed by atoms with E-state index >= 15 is 0 Å². The van der Waals surface area contributed by atoms with Crippen molar-refractivity contribution in [3.63, 3.8) is 0 Å². The van der Waals surface area contributed by atoms with E-state index in [0.29, 0.717) is 25.8 Å². The summed E-state index contributed by atoms with van der Waals surface area (Å²) in [4.78, 5) is 59.5. The number of carbonyl (C=O) groups is 5. The molecule has 5 atom stereocenters. The molecule has 0 aromatic carbocycles. The van der Waals surface area contributed by atoms with Gasteiger partial charge < -0.3 is 38.3 Å². The Kier molecular flexibility index (Phi) is 13.0. The molecule has 0 heterocycles. The summed E-state index contributed by atoms with van der Waals surface area (Å²) >= 11 is 0. The summed E-state index contributed by atoms with van der Waals surface area (Å²) in [5, 5.41) is 16.8. The highest BCUT2D eigenvalue weighted by Crippen LogP contribution is 2.10. The molecule has 0 saturated carbocycles. The quantitative estimate of drug-likeness (QED) is 0.139. The van der Waals surface area contributed by atoms with Crippen molar-refractivity contribution in [2.75, 3.05) is 6.54 Å². The standard InChI is InChI=1S/C19H36N6O6/c1-4-10(2)15(19(30)31)25-18(29)13(7-5-6-8-20)24-16(27)11(3)23-17(28)12(21)9-14(22)26/h10-13,15H,4-9,20-21H2,1-3H3,(H2,22,26)(H,23,28)(H,24,27)(H,25,29)(H,30,31). The lowest BCUT2D eigenvalue weighted by atomic mass is 9.98. The molecule has 12 heteroatoms. The van der Waals surface area contributed by atoms with Crippen LogP contribution in [0.5, 0.6) is 0 Å². The second-order valence-electron chi connectivity index (χ2n) is 7.56. The molecule has 178 valence electrons. The zero-order valence-electron chi connectivity index (χ0n) is 18.3. The zero-order valence-corrected chi connectivity index (χ0v) is 18.3. The lowest BCUT2D eigenvalue weighted by Crippen LogP contribution is -2.57. The minimum absolute atomic E-state index is 0.240. The predicted molar refractivity (Wildman–Crippen MR) is 113 cm³/mol. The fraction of sp³-hybridized carbons (Fsp3) is 0.737. The van der Waals surface area contributed by atoms with Crippen LogP contribution in [0.3, 0.4) is 0 Å². The van der Waals surface area contributed by atoms with E-state index in [9.17, 15) is 29.1 Å². The number of carboxylic acid groups (broad SMARTS) is 1. The van der Waals surface area contributed by atoms with Crippen LogP contribution in [-0.4, -0.2) is 65.4 Å². The van der Waals surface area contributed by atoms with Crippen molar-refractivity contribution >= 4 is 29.6 Å². The number of unbranched alkanes of at least 4 members (excludes halogenated alkanes) is 1. The summed E-state index contributed by atoms with van der Waals surface area (Å²) in [6.07, 6.45) is 1.54. The second kappa shape index (κ2) is 14.3. The van der Waals surface area contributed by atoms with Crippen LogP contribution < -0.4 is 33.2 Å². The lowest BCUT2D eigenvalue weighted by molar-refractivity contribution is -0.143. The number of primary amides is 1. The van der Waals surface area contributed by atoms with Crippen LogP contribution in [0, 0.1) is 5.92 Å². The Labute approximate surface area is 182 Å². The van der Waals surface area contributed by atoms with Crippen molar-refractivity contribution in [3.8, 4) is 0 Å². The van der Waals surface area contributed by atoms with Gasteiger partial charge in [0.15, 0.2) is 0 Å². The van der Waals surface area contributed by atoms with Gasteiger partial charge >= 0.3 is 5.97 Å². The maximum atomic E-state index is 12.7. The highest BCUT2D eigenvalue weighted by atomic mass is 16.4. The maximum Gasteiger partial charge on any atom is 0.326 e. The van der Waals surface area contributed by atoms with Gasteiger partial charge in [-0.2, -0.15) is 0 Å². The molecule has 0 aliphatic rings. The molecule has 0 aromatic heterocycles. The van der Waals surface area contributed by atoms with Gasteiger partial charge in [0.05, 0.1) is 12.5 Å². The largest absolute Gasteiger partial charge is 0.480 e. The first-order valence-corrected chi connectivity index (χ1v) is 10.3. The van der Waals surface area contributed by atoms with E-state index in [0.717, 1.165) is 0 Å². The van der Waals surface area contributed by atoms with Crippen molar-refractivity contribution in [1.29, 1.82) is 0 Å². The van der Waals surface area contributed by atoms with Gasteiger partial charge in [-0.25, -0.2) is 4.79 Å². The van der Waals surface area contributed by atoms with Gasteiger partial charge in [0.25, 0.3) is 0 Å². The molecule has 0 saturated heterocycles. The van der Waals surface area contributed by atoms with Crippen LogP contribution >= 0.6 is 0 Å².